The van der Waals surface area contributed by atoms with Crippen molar-refractivity contribution in [1.82, 2.24) is 5.32 Å². The van der Waals surface area contributed by atoms with Crippen molar-refractivity contribution in [3.8, 4) is 0 Å². The van der Waals surface area contributed by atoms with Gasteiger partial charge < -0.3 is 20.8 Å². The summed E-state index contributed by atoms with van der Waals surface area (Å²) in [4.78, 5) is 33.3. The summed E-state index contributed by atoms with van der Waals surface area (Å²) in [6, 6.07) is 6.06. The second-order valence-corrected chi connectivity index (χ2v) is 4.52. The first-order chi connectivity index (χ1) is 9.22. The molecule has 0 aromatic heterocycles. The van der Waals surface area contributed by atoms with Gasteiger partial charge in [-0.1, -0.05) is 0 Å². The normalized spacial score (nSPS) is 13.2. The fourth-order valence-electron chi connectivity index (χ4n) is 1.34. The van der Waals surface area contributed by atoms with Crippen LogP contribution in [-0.4, -0.2) is 40.1 Å². The van der Waals surface area contributed by atoms with E-state index in [1.807, 2.05) is 0 Å². The lowest BCUT2D eigenvalue weighted by atomic mass is 10.1. The molecule has 7 heteroatoms. The van der Waals surface area contributed by atoms with Gasteiger partial charge in [0.25, 0.3) is 5.91 Å². The van der Waals surface area contributed by atoms with E-state index in [0.29, 0.717) is 11.3 Å². The quantitative estimate of drug-likeness (QED) is 0.615. The van der Waals surface area contributed by atoms with Crippen molar-refractivity contribution >= 4 is 23.5 Å². The first kappa shape index (κ1) is 15.6. The summed E-state index contributed by atoms with van der Waals surface area (Å²) in [7, 11) is 0. The van der Waals surface area contributed by atoms with Crippen LogP contribution in [0.25, 0.3) is 0 Å². The minimum atomic E-state index is -2.02. The molecule has 0 aliphatic carbocycles. The van der Waals surface area contributed by atoms with E-state index in [1.165, 1.54) is 19.1 Å². The highest BCUT2D eigenvalue weighted by Crippen LogP contribution is 2.10. The highest BCUT2D eigenvalue weighted by Gasteiger charge is 2.30. The van der Waals surface area contributed by atoms with Gasteiger partial charge in [0, 0.05) is 18.2 Å². The molecule has 0 fully saturated rings. The Hall–Kier alpha value is -2.41. The maximum Gasteiger partial charge on any atom is 0.337 e. The molecule has 20 heavy (non-hydrogen) atoms. The largest absolute Gasteiger partial charge is 0.479 e. The SMILES string of the molecule is CC(=O)Nc1ccc(C(=O)NCC(C)(O)C(=O)O)cc1. The molecule has 1 aromatic carbocycles. The lowest BCUT2D eigenvalue weighted by molar-refractivity contribution is -0.155. The van der Waals surface area contributed by atoms with Gasteiger partial charge in [0.15, 0.2) is 5.60 Å². The average molecular weight is 280 g/mol. The van der Waals surface area contributed by atoms with E-state index in [4.69, 9.17) is 5.11 Å². The molecule has 0 saturated heterocycles. The summed E-state index contributed by atoms with van der Waals surface area (Å²) in [5.41, 5.74) is -1.18. The van der Waals surface area contributed by atoms with Crippen LogP contribution in [-0.2, 0) is 9.59 Å². The van der Waals surface area contributed by atoms with Crippen LogP contribution in [0.1, 0.15) is 24.2 Å². The fraction of sp³-hybridized carbons (Fsp3) is 0.308. The van der Waals surface area contributed by atoms with Gasteiger partial charge in [-0.3, -0.25) is 9.59 Å². The summed E-state index contributed by atoms with van der Waals surface area (Å²) >= 11 is 0. The number of rotatable bonds is 5. The first-order valence-electron chi connectivity index (χ1n) is 5.84. The van der Waals surface area contributed by atoms with E-state index < -0.39 is 24.0 Å². The van der Waals surface area contributed by atoms with Gasteiger partial charge in [-0.2, -0.15) is 0 Å². The Morgan fingerprint density at radius 1 is 1.20 bits per heavy atom. The molecule has 1 aromatic rings. The number of benzene rings is 1. The zero-order chi connectivity index (χ0) is 15.3. The molecule has 0 radical (unpaired) electrons. The molecule has 108 valence electrons. The number of carbonyl (C=O) groups is 3. The Balaban J connectivity index is 2.64. The van der Waals surface area contributed by atoms with Crippen molar-refractivity contribution in [2.45, 2.75) is 19.4 Å². The highest BCUT2D eigenvalue weighted by atomic mass is 16.4. The van der Waals surface area contributed by atoms with E-state index in [-0.39, 0.29) is 5.91 Å². The molecule has 0 saturated carbocycles. The number of carboxylic acid groups (broad SMARTS) is 1. The maximum absolute atomic E-state index is 11.7. The van der Waals surface area contributed by atoms with Crippen LogP contribution >= 0.6 is 0 Å². The summed E-state index contributed by atoms with van der Waals surface area (Å²) in [6.07, 6.45) is 0. The third-order valence-corrected chi connectivity index (χ3v) is 2.52. The Bertz CT molecular complexity index is 522. The fourth-order valence-corrected chi connectivity index (χ4v) is 1.34. The maximum atomic E-state index is 11.7. The Kier molecular flexibility index (Phi) is 4.82. The van der Waals surface area contributed by atoms with Crippen molar-refractivity contribution in [3.63, 3.8) is 0 Å². The van der Waals surface area contributed by atoms with Gasteiger partial charge in [0.1, 0.15) is 0 Å². The van der Waals surface area contributed by atoms with Crippen molar-refractivity contribution in [3.05, 3.63) is 29.8 Å². The molecule has 7 nitrogen and oxygen atoms in total. The van der Waals surface area contributed by atoms with E-state index >= 15 is 0 Å². The van der Waals surface area contributed by atoms with Crippen LogP contribution in [0, 0.1) is 0 Å². The minimum absolute atomic E-state index is 0.222. The van der Waals surface area contributed by atoms with Crippen LogP contribution in [0.2, 0.25) is 0 Å². The lowest BCUT2D eigenvalue weighted by Crippen LogP contribution is -2.46. The highest BCUT2D eigenvalue weighted by molar-refractivity contribution is 5.95. The van der Waals surface area contributed by atoms with Gasteiger partial charge in [0.2, 0.25) is 5.91 Å². The van der Waals surface area contributed by atoms with E-state index in [1.54, 1.807) is 12.1 Å². The second kappa shape index (κ2) is 6.16. The molecule has 1 unspecified atom stereocenters. The number of aliphatic hydroxyl groups is 1. The lowest BCUT2D eigenvalue weighted by Gasteiger charge is -2.18. The molecule has 0 aliphatic rings. The third kappa shape index (κ3) is 4.36. The zero-order valence-corrected chi connectivity index (χ0v) is 11.1. The summed E-state index contributed by atoms with van der Waals surface area (Å²) < 4.78 is 0. The Morgan fingerprint density at radius 2 is 1.75 bits per heavy atom. The predicted octanol–water partition coefficient (Wildman–Crippen LogP) is 0.210. The molecular weight excluding hydrogens is 264 g/mol. The minimum Gasteiger partial charge on any atom is -0.479 e. The number of hydrogen-bond donors (Lipinski definition) is 4. The van der Waals surface area contributed by atoms with Crippen LogP contribution in [0.4, 0.5) is 5.69 Å². The number of amides is 2. The molecule has 0 bridgehead atoms. The number of anilines is 1. The van der Waals surface area contributed by atoms with Crippen molar-refractivity contribution < 1.29 is 24.6 Å². The molecular formula is C13H16N2O5. The van der Waals surface area contributed by atoms with Crippen LogP contribution < -0.4 is 10.6 Å². The van der Waals surface area contributed by atoms with Crippen LogP contribution in [0.5, 0.6) is 0 Å². The number of nitrogens with one attached hydrogen (secondary N) is 2. The van der Waals surface area contributed by atoms with Crippen LogP contribution in [0.15, 0.2) is 24.3 Å². The van der Waals surface area contributed by atoms with Gasteiger partial charge in [-0.15, -0.1) is 0 Å². The monoisotopic (exact) mass is 280 g/mol. The number of carboxylic acids is 1. The van der Waals surface area contributed by atoms with Gasteiger partial charge >= 0.3 is 5.97 Å². The Labute approximate surface area is 115 Å². The zero-order valence-electron chi connectivity index (χ0n) is 11.1. The van der Waals surface area contributed by atoms with E-state index in [9.17, 15) is 19.5 Å². The third-order valence-electron chi connectivity index (χ3n) is 2.52. The molecule has 1 atom stereocenters. The van der Waals surface area contributed by atoms with Crippen LogP contribution in [0.3, 0.4) is 0 Å². The Morgan fingerprint density at radius 3 is 2.20 bits per heavy atom. The van der Waals surface area contributed by atoms with E-state index in [2.05, 4.69) is 10.6 Å². The topological polar surface area (TPSA) is 116 Å². The van der Waals surface area contributed by atoms with Gasteiger partial charge in [0.05, 0.1) is 6.54 Å². The molecule has 0 spiro atoms. The number of carbonyl (C=O) groups excluding carboxylic acids is 2. The van der Waals surface area contributed by atoms with Gasteiger partial charge in [-0.05, 0) is 31.2 Å². The molecule has 4 N–H and O–H groups in total. The molecule has 0 aliphatic heterocycles. The van der Waals surface area contributed by atoms with Crippen molar-refractivity contribution in [2.75, 3.05) is 11.9 Å². The molecule has 1 rings (SSSR count). The first-order valence-corrected chi connectivity index (χ1v) is 5.84. The summed E-state index contributed by atoms with van der Waals surface area (Å²) in [5, 5.41) is 23.0. The van der Waals surface area contributed by atoms with Crippen molar-refractivity contribution in [1.29, 1.82) is 0 Å². The predicted molar refractivity (Wildman–Crippen MR) is 71.3 cm³/mol. The smallest absolute Gasteiger partial charge is 0.337 e. The second-order valence-electron chi connectivity index (χ2n) is 4.52. The molecule has 2 amide bonds. The summed E-state index contributed by atoms with van der Waals surface area (Å²) in [5.74, 6) is -2.15. The van der Waals surface area contributed by atoms with Gasteiger partial charge in [-0.25, -0.2) is 4.79 Å². The number of aliphatic carboxylic acids is 1. The summed E-state index contributed by atoms with van der Waals surface area (Å²) in [6.45, 7) is 2.05. The van der Waals surface area contributed by atoms with Crippen molar-refractivity contribution in [2.24, 2.45) is 0 Å². The standard InChI is InChI=1S/C13H16N2O5/c1-8(16)15-10-5-3-9(4-6-10)11(17)14-7-13(2,20)12(18)19/h3-6,20H,7H2,1-2H3,(H,14,17)(H,15,16)(H,18,19). The average Bonchev–Trinajstić information content (AvgIpc) is 2.36. The van der Waals surface area contributed by atoms with E-state index in [0.717, 1.165) is 6.92 Å². The number of hydrogen-bond acceptors (Lipinski definition) is 4. The molecule has 0 heterocycles.